The third-order valence-electron chi connectivity index (χ3n) is 5.33. The Morgan fingerprint density at radius 3 is 2.27 bits per heavy atom. The molecule has 3 aromatic rings. The molecule has 1 aliphatic rings. The van der Waals surface area contributed by atoms with Gasteiger partial charge in [0.1, 0.15) is 5.75 Å². The van der Waals surface area contributed by atoms with Crippen molar-refractivity contribution >= 4 is 22.6 Å². The summed E-state index contributed by atoms with van der Waals surface area (Å²) >= 11 is 0. The van der Waals surface area contributed by atoms with Crippen molar-refractivity contribution in [2.45, 2.75) is 31.9 Å². The number of nitrogens with zero attached hydrogens (tertiary/aromatic N) is 1. The lowest BCUT2D eigenvalue weighted by Crippen LogP contribution is -2.37. The SMILES string of the molecule is CC(Oc1ccc(-c2ccc(C(=O)N(C)C)cc2)c2ccccc12)C(=O)NC1CC1. The minimum atomic E-state index is -0.559. The summed E-state index contributed by atoms with van der Waals surface area (Å²) in [6.07, 6.45) is 1.54. The molecule has 0 heterocycles. The van der Waals surface area contributed by atoms with Gasteiger partial charge in [-0.3, -0.25) is 9.59 Å². The lowest BCUT2D eigenvalue weighted by Gasteiger charge is -2.17. The Labute approximate surface area is 176 Å². The first-order valence-corrected chi connectivity index (χ1v) is 10.2. The van der Waals surface area contributed by atoms with Gasteiger partial charge in [-0.15, -0.1) is 0 Å². The topological polar surface area (TPSA) is 58.6 Å². The third-order valence-corrected chi connectivity index (χ3v) is 5.33. The van der Waals surface area contributed by atoms with Gasteiger partial charge in [-0.25, -0.2) is 0 Å². The number of amides is 2. The molecule has 1 atom stereocenters. The molecule has 5 nitrogen and oxygen atoms in total. The Balaban J connectivity index is 1.63. The number of hydrogen-bond acceptors (Lipinski definition) is 3. The molecule has 2 amide bonds. The lowest BCUT2D eigenvalue weighted by molar-refractivity contribution is -0.127. The van der Waals surface area contributed by atoms with Crippen LogP contribution >= 0.6 is 0 Å². The molecule has 4 rings (SSSR count). The molecule has 1 N–H and O–H groups in total. The number of fused-ring (bicyclic) bond motifs is 1. The van der Waals surface area contributed by atoms with E-state index in [0.29, 0.717) is 17.4 Å². The number of hydrogen-bond donors (Lipinski definition) is 1. The van der Waals surface area contributed by atoms with E-state index in [-0.39, 0.29) is 11.8 Å². The number of ether oxygens (including phenoxy) is 1. The molecule has 0 saturated heterocycles. The number of benzene rings is 3. The smallest absolute Gasteiger partial charge is 0.260 e. The molecule has 1 fully saturated rings. The lowest BCUT2D eigenvalue weighted by atomic mass is 9.97. The van der Waals surface area contributed by atoms with Crippen molar-refractivity contribution < 1.29 is 14.3 Å². The first-order valence-electron chi connectivity index (χ1n) is 10.2. The maximum atomic E-state index is 12.3. The maximum absolute atomic E-state index is 12.3. The molecule has 1 saturated carbocycles. The molecule has 0 radical (unpaired) electrons. The van der Waals surface area contributed by atoms with Crippen LogP contribution in [0.25, 0.3) is 21.9 Å². The number of carbonyl (C=O) groups is 2. The van der Waals surface area contributed by atoms with Gasteiger partial charge in [-0.05, 0) is 54.5 Å². The molecular formula is C25H26N2O3. The zero-order chi connectivity index (χ0) is 21.3. The molecule has 154 valence electrons. The second kappa shape index (κ2) is 8.19. The first-order chi connectivity index (χ1) is 14.4. The zero-order valence-corrected chi connectivity index (χ0v) is 17.5. The molecule has 0 spiro atoms. The van der Waals surface area contributed by atoms with E-state index in [1.165, 1.54) is 0 Å². The summed E-state index contributed by atoms with van der Waals surface area (Å²) in [5.74, 6) is 0.590. The number of rotatable bonds is 6. The molecule has 3 aromatic carbocycles. The largest absolute Gasteiger partial charge is 0.480 e. The average Bonchev–Trinajstić information content (AvgIpc) is 3.57. The van der Waals surface area contributed by atoms with Crippen LogP contribution in [0, 0.1) is 0 Å². The van der Waals surface area contributed by atoms with Crippen LogP contribution in [0.3, 0.4) is 0 Å². The highest BCUT2D eigenvalue weighted by molar-refractivity contribution is 6.01. The van der Waals surface area contributed by atoms with E-state index in [0.717, 1.165) is 34.7 Å². The predicted octanol–water partition coefficient (Wildman–Crippen LogP) is 4.25. The average molecular weight is 402 g/mol. The van der Waals surface area contributed by atoms with Crippen LogP contribution in [0.15, 0.2) is 60.7 Å². The summed E-state index contributed by atoms with van der Waals surface area (Å²) in [6, 6.07) is 19.9. The quantitative estimate of drug-likeness (QED) is 0.670. The molecule has 30 heavy (non-hydrogen) atoms. The van der Waals surface area contributed by atoms with Gasteiger partial charge < -0.3 is 15.0 Å². The van der Waals surface area contributed by atoms with Crippen molar-refractivity contribution in [3.8, 4) is 16.9 Å². The van der Waals surface area contributed by atoms with E-state index >= 15 is 0 Å². The molecule has 1 aliphatic carbocycles. The van der Waals surface area contributed by atoms with Crippen LogP contribution in [0.5, 0.6) is 5.75 Å². The standard InChI is InChI=1S/C25H26N2O3/c1-16(24(28)26-19-12-13-19)30-23-15-14-20(21-6-4-5-7-22(21)23)17-8-10-18(11-9-17)25(29)27(2)3/h4-11,14-16,19H,12-13H2,1-3H3,(H,26,28). The van der Waals surface area contributed by atoms with Crippen molar-refractivity contribution in [1.29, 1.82) is 0 Å². The highest BCUT2D eigenvalue weighted by atomic mass is 16.5. The zero-order valence-electron chi connectivity index (χ0n) is 17.5. The van der Waals surface area contributed by atoms with Crippen molar-refractivity contribution in [1.82, 2.24) is 10.2 Å². The number of nitrogens with one attached hydrogen (secondary N) is 1. The van der Waals surface area contributed by atoms with E-state index in [1.807, 2.05) is 60.7 Å². The highest BCUT2D eigenvalue weighted by Crippen LogP contribution is 2.35. The van der Waals surface area contributed by atoms with Crippen molar-refractivity contribution in [2.24, 2.45) is 0 Å². The highest BCUT2D eigenvalue weighted by Gasteiger charge is 2.26. The van der Waals surface area contributed by atoms with Crippen LogP contribution in [0.4, 0.5) is 0 Å². The molecule has 0 aromatic heterocycles. The summed E-state index contributed by atoms with van der Waals surface area (Å²) in [5.41, 5.74) is 2.73. The summed E-state index contributed by atoms with van der Waals surface area (Å²) in [7, 11) is 3.49. The molecular weight excluding hydrogens is 376 g/mol. The first kappa shape index (κ1) is 20.0. The van der Waals surface area contributed by atoms with Gasteiger partial charge in [-0.1, -0.05) is 42.5 Å². The van der Waals surface area contributed by atoms with Crippen LogP contribution in [0.1, 0.15) is 30.1 Å². The molecule has 1 unspecified atom stereocenters. The van der Waals surface area contributed by atoms with Crippen LogP contribution < -0.4 is 10.1 Å². The molecule has 0 bridgehead atoms. The van der Waals surface area contributed by atoms with Crippen molar-refractivity contribution in [3.63, 3.8) is 0 Å². The van der Waals surface area contributed by atoms with Gasteiger partial charge in [0.25, 0.3) is 11.8 Å². The van der Waals surface area contributed by atoms with Gasteiger partial charge in [0.15, 0.2) is 6.10 Å². The Bertz CT molecular complexity index is 1090. The monoisotopic (exact) mass is 402 g/mol. The molecule has 0 aliphatic heterocycles. The van der Waals surface area contributed by atoms with E-state index in [4.69, 9.17) is 4.74 Å². The predicted molar refractivity (Wildman–Crippen MR) is 119 cm³/mol. The van der Waals surface area contributed by atoms with E-state index in [2.05, 4.69) is 5.32 Å². The van der Waals surface area contributed by atoms with Crippen LogP contribution in [-0.4, -0.2) is 43.0 Å². The summed E-state index contributed by atoms with van der Waals surface area (Å²) in [4.78, 5) is 26.0. The molecule has 5 heteroatoms. The fourth-order valence-corrected chi connectivity index (χ4v) is 3.47. The second-order valence-corrected chi connectivity index (χ2v) is 7.98. The Hall–Kier alpha value is -3.34. The fourth-order valence-electron chi connectivity index (χ4n) is 3.47. The van der Waals surface area contributed by atoms with E-state index in [1.54, 1.807) is 25.9 Å². The minimum absolute atomic E-state index is 0.0198. The number of carbonyl (C=O) groups excluding carboxylic acids is 2. The van der Waals surface area contributed by atoms with Gasteiger partial charge in [-0.2, -0.15) is 0 Å². The van der Waals surface area contributed by atoms with Crippen LogP contribution in [-0.2, 0) is 4.79 Å². The Kier molecular flexibility index (Phi) is 5.44. The van der Waals surface area contributed by atoms with Gasteiger partial charge in [0, 0.05) is 31.1 Å². The van der Waals surface area contributed by atoms with E-state index in [9.17, 15) is 9.59 Å². The summed E-state index contributed by atoms with van der Waals surface area (Å²) < 4.78 is 6.02. The summed E-state index contributed by atoms with van der Waals surface area (Å²) in [6.45, 7) is 1.78. The second-order valence-electron chi connectivity index (χ2n) is 7.98. The van der Waals surface area contributed by atoms with Gasteiger partial charge >= 0.3 is 0 Å². The van der Waals surface area contributed by atoms with Crippen molar-refractivity contribution in [2.75, 3.05) is 14.1 Å². The normalized spacial score (nSPS) is 14.2. The van der Waals surface area contributed by atoms with Gasteiger partial charge in [0.2, 0.25) is 0 Å². The van der Waals surface area contributed by atoms with Crippen LogP contribution in [0.2, 0.25) is 0 Å². The summed E-state index contributed by atoms with van der Waals surface area (Å²) in [5, 5.41) is 4.98. The Morgan fingerprint density at radius 1 is 0.967 bits per heavy atom. The third kappa shape index (κ3) is 4.15. The maximum Gasteiger partial charge on any atom is 0.260 e. The van der Waals surface area contributed by atoms with Crippen molar-refractivity contribution in [3.05, 3.63) is 66.2 Å². The van der Waals surface area contributed by atoms with Gasteiger partial charge in [0.05, 0.1) is 0 Å². The fraction of sp³-hybridized carbons (Fsp3) is 0.280. The Morgan fingerprint density at radius 2 is 1.63 bits per heavy atom. The minimum Gasteiger partial charge on any atom is -0.480 e. The van der Waals surface area contributed by atoms with E-state index < -0.39 is 6.10 Å².